The van der Waals surface area contributed by atoms with Gasteiger partial charge in [-0.2, -0.15) is 13.2 Å². The second-order valence-corrected chi connectivity index (χ2v) is 4.13. The van der Waals surface area contributed by atoms with Crippen molar-refractivity contribution in [3.05, 3.63) is 35.4 Å². The van der Waals surface area contributed by atoms with Crippen LogP contribution in [0.15, 0.2) is 24.3 Å². The molecule has 0 atom stereocenters. The van der Waals surface area contributed by atoms with Crippen molar-refractivity contribution < 1.29 is 17.9 Å². The highest BCUT2D eigenvalue weighted by Gasteiger charge is 2.36. The molecule has 1 fully saturated rings. The molecular weight excluding hydrogens is 205 g/mol. The van der Waals surface area contributed by atoms with E-state index >= 15 is 0 Å². The largest absolute Gasteiger partial charge is 0.416 e. The van der Waals surface area contributed by atoms with Crippen molar-refractivity contribution in [2.75, 3.05) is 13.2 Å². The minimum absolute atomic E-state index is 0.107. The standard InChI is InChI=1S/C11H11F3O/c1-10(6-15-7-10)8-2-4-9(5-3-8)11(12,13)14/h2-5H,6-7H2,1H3. The predicted molar refractivity (Wildman–Crippen MR) is 49.6 cm³/mol. The van der Waals surface area contributed by atoms with Crippen LogP contribution in [0.2, 0.25) is 0 Å². The molecular formula is C11H11F3O. The van der Waals surface area contributed by atoms with E-state index in [1.807, 2.05) is 6.92 Å². The Morgan fingerprint density at radius 2 is 1.67 bits per heavy atom. The summed E-state index contributed by atoms with van der Waals surface area (Å²) < 4.78 is 41.9. The lowest BCUT2D eigenvalue weighted by atomic mass is 9.80. The Morgan fingerprint density at radius 1 is 1.13 bits per heavy atom. The highest BCUT2D eigenvalue weighted by molar-refractivity contribution is 5.31. The van der Waals surface area contributed by atoms with E-state index in [1.165, 1.54) is 12.1 Å². The lowest BCUT2D eigenvalue weighted by Gasteiger charge is -2.38. The van der Waals surface area contributed by atoms with E-state index in [0.717, 1.165) is 17.7 Å². The molecule has 0 N–H and O–H groups in total. The molecule has 0 aliphatic carbocycles. The fourth-order valence-corrected chi connectivity index (χ4v) is 1.64. The lowest BCUT2D eigenvalue weighted by Crippen LogP contribution is -2.43. The Morgan fingerprint density at radius 3 is 2.00 bits per heavy atom. The average molecular weight is 216 g/mol. The molecule has 0 radical (unpaired) electrons. The Hall–Kier alpha value is -1.03. The van der Waals surface area contributed by atoms with Crippen molar-refractivity contribution in [2.45, 2.75) is 18.5 Å². The van der Waals surface area contributed by atoms with E-state index in [-0.39, 0.29) is 5.41 Å². The summed E-state index contributed by atoms with van der Waals surface area (Å²) in [5.74, 6) is 0. The summed E-state index contributed by atoms with van der Waals surface area (Å²) >= 11 is 0. The van der Waals surface area contributed by atoms with Gasteiger partial charge in [-0.1, -0.05) is 19.1 Å². The number of rotatable bonds is 1. The van der Waals surface area contributed by atoms with Gasteiger partial charge in [0.05, 0.1) is 18.8 Å². The molecule has 15 heavy (non-hydrogen) atoms. The number of hydrogen-bond acceptors (Lipinski definition) is 1. The van der Waals surface area contributed by atoms with Crippen LogP contribution in [0.3, 0.4) is 0 Å². The summed E-state index contributed by atoms with van der Waals surface area (Å²) in [5.41, 5.74) is 0.196. The van der Waals surface area contributed by atoms with Crippen molar-refractivity contribution in [1.82, 2.24) is 0 Å². The van der Waals surface area contributed by atoms with Gasteiger partial charge in [-0.05, 0) is 17.7 Å². The predicted octanol–water partition coefficient (Wildman–Crippen LogP) is 2.99. The van der Waals surface area contributed by atoms with Gasteiger partial charge in [-0.25, -0.2) is 0 Å². The molecule has 0 saturated carbocycles. The zero-order chi connectivity index (χ0) is 11.1. The van der Waals surface area contributed by atoms with Gasteiger partial charge in [0.1, 0.15) is 0 Å². The summed E-state index contributed by atoms with van der Waals surface area (Å²) in [5, 5.41) is 0. The smallest absolute Gasteiger partial charge is 0.379 e. The molecule has 0 unspecified atom stereocenters. The van der Waals surface area contributed by atoms with Gasteiger partial charge < -0.3 is 4.74 Å². The summed E-state index contributed by atoms with van der Waals surface area (Å²) in [4.78, 5) is 0. The van der Waals surface area contributed by atoms with E-state index in [2.05, 4.69) is 0 Å². The van der Waals surface area contributed by atoms with Crippen molar-refractivity contribution in [2.24, 2.45) is 0 Å². The molecule has 0 amide bonds. The molecule has 2 rings (SSSR count). The third kappa shape index (κ3) is 1.86. The van der Waals surface area contributed by atoms with Gasteiger partial charge in [0, 0.05) is 5.41 Å². The van der Waals surface area contributed by atoms with Crippen LogP contribution < -0.4 is 0 Å². The highest BCUT2D eigenvalue weighted by atomic mass is 19.4. The first kappa shape index (κ1) is 10.5. The second-order valence-electron chi connectivity index (χ2n) is 4.13. The van der Waals surface area contributed by atoms with E-state index in [4.69, 9.17) is 4.74 Å². The Balaban J connectivity index is 2.24. The van der Waals surface area contributed by atoms with Crippen LogP contribution in [-0.4, -0.2) is 13.2 Å². The van der Waals surface area contributed by atoms with Gasteiger partial charge in [-0.3, -0.25) is 0 Å². The molecule has 4 heteroatoms. The Bertz CT molecular complexity index is 349. The Labute approximate surface area is 85.9 Å². The molecule has 1 heterocycles. The van der Waals surface area contributed by atoms with E-state index in [1.54, 1.807) is 0 Å². The maximum Gasteiger partial charge on any atom is 0.416 e. The van der Waals surface area contributed by atoms with Crippen LogP contribution in [0.25, 0.3) is 0 Å². The zero-order valence-corrected chi connectivity index (χ0v) is 8.27. The molecule has 1 aromatic carbocycles. The maximum atomic E-state index is 12.3. The van der Waals surface area contributed by atoms with Crippen LogP contribution in [0.1, 0.15) is 18.1 Å². The van der Waals surface area contributed by atoms with Crippen molar-refractivity contribution in [1.29, 1.82) is 0 Å². The number of ether oxygens (including phenoxy) is 1. The van der Waals surface area contributed by atoms with Crippen LogP contribution in [0.5, 0.6) is 0 Å². The zero-order valence-electron chi connectivity index (χ0n) is 8.27. The summed E-state index contributed by atoms with van der Waals surface area (Å²) in [6.07, 6.45) is -4.25. The van der Waals surface area contributed by atoms with Crippen LogP contribution >= 0.6 is 0 Å². The third-order valence-corrected chi connectivity index (χ3v) is 2.75. The molecule has 82 valence electrons. The topological polar surface area (TPSA) is 9.23 Å². The van der Waals surface area contributed by atoms with Gasteiger partial charge >= 0.3 is 6.18 Å². The maximum absolute atomic E-state index is 12.3. The molecule has 0 spiro atoms. The number of benzene rings is 1. The Kier molecular flexibility index (Phi) is 2.26. The molecule has 1 nitrogen and oxygen atoms in total. The quantitative estimate of drug-likeness (QED) is 0.701. The van der Waals surface area contributed by atoms with E-state index in [0.29, 0.717) is 13.2 Å². The first-order valence-corrected chi connectivity index (χ1v) is 4.67. The summed E-state index contributed by atoms with van der Waals surface area (Å²) in [6.45, 7) is 3.15. The van der Waals surface area contributed by atoms with Gasteiger partial charge in [0.2, 0.25) is 0 Å². The third-order valence-electron chi connectivity index (χ3n) is 2.75. The average Bonchev–Trinajstić information content (AvgIpc) is 2.13. The summed E-state index contributed by atoms with van der Waals surface area (Å²) in [6, 6.07) is 5.31. The molecule has 0 aromatic heterocycles. The molecule has 1 aromatic rings. The monoisotopic (exact) mass is 216 g/mol. The SMILES string of the molecule is CC1(c2ccc(C(F)(F)F)cc2)COC1. The minimum Gasteiger partial charge on any atom is -0.379 e. The highest BCUT2D eigenvalue weighted by Crippen LogP contribution is 2.34. The number of alkyl halides is 3. The fraction of sp³-hybridized carbons (Fsp3) is 0.455. The normalized spacial score (nSPS) is 19.7. The molecule has 1 aliphatic rings. The molecule has 0 bridgehead atoms. The summed E-state index contributed by atoms with van der Waals surface area (Å²) in [7, 11) is 0. The number of hydrogen-bond donors (Lipinski definition) is 0. The first-order valence-electron chi connectivity index (χ1n) is 4.67. The van der Waals surface area contributed by atoms with Gasteiger partial charge in [-0.15, -0.1) is 0 Å². The molecule has 1 aliphatic heterocycles. The lowest BCUT2D eigenvalue weighted by molar-refractivity contribution is -0.137. The van der Waals surface area contributed by atoms with Crippen molar-refractivity contribution in [3.63, 3.8) is 0 Å². The minimum atomic E-state index is -4.25. The van der Waals surface area contributed by atoms with Gasteiger partial charge in [0.15, 0.2) is 0 Å². The van der Waals surface area contributed by atoms with Crippen LogP contribution in [0, 0.1) is 0 Å². The second kappa shape index (κ2) is 3.23. The first-order chi connectivity index (χ1) is 6.92. The van der Waals surface area contributed by atoms with E-state index < -0.39 is 11.7 Å². The molecule has 1 saturated heterocycles. The van der Waals surface area contributed by atoms with Crippen molar-refractivity contribution >= 4 is 0 Å². The fourth-order valence-electron chi connectivity index (χ4n) is 1.64. The van der Waals surface area contributed by atoms with Crippen molar-refractivity contribution in [3.8, 4) is 0 Å². The number of halogens is 3. The van der Waals surface area contributed by atoms with Crippen LogP contribution in [0.4, 0.5) is 13.2 Å². The van der Waals surface area contributed by atoms with Gasteiger partial charge in [0.25, 0.3) is 0 Å². The van der Waals surface area contributed by atoms with E-state index in [9.17, 15) is 13.2 Å². The van der Waals surface area contributed by atoms with Crippen LogP contribution in [-0.2, 0) is 16.3 Å².